The summed E-state index contributed by atoms with van der Waals surface area (Å²) >= 11 is 1.15. The van der Waals surface area contributed by atoms with Gasteiger partial charge in [-0.05, 0) is 37.7 Å². The molecule has 25 heavy (non-hydrogen) atoms. The molecule has 2 N–H and O–H groups in total. The van der Waals surface area contributed by atoms with Gasteiger partial charge in [-0.3, -0.25) is 14.5 Å². The van der Waals surface area contributed by atoms with Gasteiger partial charge in [0, 0.05) is 12.2 Å². The average Bonchev–Trinajstić information content (AvgIpc) is 3.03. The van der Waals surface area contributed by atoms with Gasteiger partial charge in [0.2, 0.25) is 10.9 Å². The molecule has 134 valence electrons. The first kappa shape index (κ1) is 18.9. The van der Waals surface area contributed by atoms with Gasteiger partial charge in [-0.1, -0.05) is 18.3 Å². The zero-order valence-electron chi connectivity index (χ0n) is 14.1. The normalized spacial score (nSPS) is 10.7. The Kier molecular flexibility index (Phi) is 6.96. The quantitative estimate of drug-likeness (QED) is 0.746. The third kappa shape index (κ3) is 6.20. The second-order valence-electron chi connectivity index (χ2n) is 5.48. The van der Waals surface area contributed by atoms with Gasteiger partial charge in [0.05, 0.1) is 13.1 Å². The number of aromatic nitrogens is 2. The Morgan fingerprint density at radius 2 is 1.96 bits per heavy atom. The van der Waals surface area contributed by atoms with Gasteiger partial charge in [0.1, 0.15) is 10.8 Å². The topological polar surface area (TPSA) is 87.2 Å². The average molecular weight is 365 g/mol. The Balaban J connectivity index is 1.87. The number of hydrogen-bond donors (Lipinski definition) is 2. The van der Waals surface area contributed by atoms with E-state index in [1.165, 1.54) is 24.3 Å². The summed E-state index contributed by atoms with van der Waals surface area (Å²) in [6, 6.07) is 5.47. The van der Waals surface area contributed by atoms with Crippen LogP contribution in [0.15, 0.2) is 24.3 Å². The van der Waals surface area contributed by atoms with Gasteiger partial charge in [0.15, 0.2) is 0 Å². The summed E-state index contributed by atoms with van der Waals surface area (Å²) in [6.07, 6.45) is 0.887. The van der Waals surface area contributed by atoms with Gasteiger partial charge in [-0.2, -0.15) is 0 Å². The fraction of sp³-hybridized carbons (Fsp3) is 0.375. The number of rotatable bonds is 8. The first-order valence-electron chi connectivity index (χ1n) is 7.82. The third-order valence-corrected chi connectivity index (χ3v) is 4.06. The summed E-state index contributed by atoms with van der Waals surface area (Å²) in [5.41, 5.74) is 0.480. The molecule has 1 aromatic carbocycles. The number of amides is 2. The molecule has 0 aliphatic carbocycles. The lowest BCUT2D eigenvalue weighted by Gasteiger charge is -2.13. The molecule has 0 unspecified atom stereocenters. The first-order valence-corrected chi connectivity index (χ1v) is 8.64. The Labute approximate surface area is 149 Å². The maximum atomic E-state index is 12.9. The van der Waals surface area contributed by atoms with E-state index in [2.05, 4.69) is 20.8 Å². The van der Waals surface area contributed by atoms with Crippen LogP contribution in [0.1, 0.15) is 28.2 Å². The molecule has 2 amide bonds. The highest BCUT2D eigenvalue weighted by Crippen LogP contribution is 2.15. The van der Waals surface area contributed by atoms with Crippen LogP contribution in [0.5, 0.6) is 0 Å². The Hall–Kier alpha value is -2.39. The lowest BCUT2D eigenvalue weighted by Crippen LogP contribution is -2.35. The van der Waals surface area contributed by atoms with Gasteiger partial charge >= 0.3 is 0 Å². The van der Waals surface area contributed by atoms with Crippen LogP contribution in [0.4, 0.5) is 10.1 Å². The minimum atomic E-state index is -0.404. The molecule has 2 rings (SSSR count). The molecule has 0 bridgehead atoms. The van der Waals surface area contributed by atoms with Crippen molar-refractivity contribution in [1.29, 1.82) is 0 Å². The van der Waals surface area contributed by atoms with Gasteiger partial charge in [-0.25, -0.2) is 4.39 Å². The molecular formula is C16H20FN5O2S. The van der Waals surface area contributed by atoms with Crippen LogP contribution < -0.4 is 10.6 Å². The van der Waals surface area contributed by atoms with Crippen LogP contribution in [0, 0.1) is 5.82 Å². The third-order valence-electron chi connectivity index (χ3n) is 3.15. The molecule has 1 aromatic heterocycles. The number of hydrogen-bond acceptors (Lipinski definition) is 6. The zero-order chi connectivity index (χ0) is 18.2. The number of halogens is 1. The molecular weight excluding hydrogens is 345 g/mol. The van der Waals surface area contributed by atoms with Crippen molar-refractivity contribution in [2.75, 3.05) is 25.5 Å². The Bertz CT molecular complexity index is 720. The van der Waals surface area contributed by atoms with Crippen LogP contribution in [0.3, 0.4) is 0 Å². The van der Waals surface area contributed by atoms with Gasteiger partial charge in [-0.15, -0.1) is 10.2 Å². The smallest absolute Gasteiger partial charge is 0.286 e. The van der Waals surface area contributed by atoms with Crippen LogP contribution >= 0.6 is 11.3 Å². The summed E-state index contributed by atoms with van der Waals surface area (Å²) in [5.74, 6) is -0.830. The van der Waals surface area contributed by atoms with Crippen molar-refractivity contribution in [2.45, 2.75) is 19.9 Å². The maximum Gasteiger partial charge on any atom is 0.286 e. The zero-order valence-corrected chi connectivity index (χ0v) is 14.9. The van der Waals surface area contributed by atoms with Crippen molar-refractivity contribution >= 4 is 28.8 Å². The van der Waals surface area contributed by atoms with E-state index >= 15 is 0 Å². The summed E-state index contributed by atoms with van der Waals surface area (Å²) in [6.45, 7) is 3.31. The van der Waals surface area contributed by atoms with E-state index in [1.807, 2.05) is 6.92 Å². The number of likely N-dealkylation sites (N-methyl/N-ethyl adjacent to an activating group) is 1. The summed E-state index contributed by atoms with van der Waals surface area (Å²) in [5, 5.41) is 14.1. The first-order chi connectivity index (χ1) is 12.0. The summed E-state index contributed by atoms with van der Waals surface area (Å²) in [7, 11) is 1.80. The lowest BCUT2D eigenvalue weighted by atomic mass is 10.3. The molecule has 2 aromatic rings. The van der Waals surface area contributed by atoms with Crippen molar-refractivity contribution in [3.63, 3.8) is 0 Å². The number of nitrogens with one attached hydrogen (secondary N) is 2. The van der Waals surface area contributed by atoms with Gasteiger partial charge < -0.3 is 10.6 Å². The Morgan fingerprint density at radius 3 is 2.64 bits per heavy atom. The molecule has 0 fully saturated rings. The van der Waals surface area contributed by atoms with E-state index in [1.54, 1.807) is 11.9 Å². The van der Waals surface area contributed by atoms with Crippen LogP contribution in [-0.2, 0) is 11.3 Å². The number of nitrogens with zero attached hydrogens (tertiary/aromatic N) is 3. The molecule has 1 heterocycles. The van der Waals surface area contributed by atoms with Gasteiger partial charge in [0.25, 0.3) is 5.91 Å². The van der Waals surface area contributed by atoms with E-state index in [4.69, 9.17) is 0 Å². The number of carbonyl (C=O) groups excluding carboxylic acids is 2. The molecule has 7 nitrogen and oxygen atoms in total. The molecule has 0 saturated heterocycles. The fourth-order valence-corrected chi connectivity index (χ4v) is 2.79. The van der Waals surface area contributed by atoms with Crippen molar-refractivity contribution < 1.29 is 14.0 Å². The largest absolute Gasteiger partial charge is 0.355 e. The molecule has 9 heteroatoms. The number of anilines is 1. The lowest BCUT2D eigenvalue weighted by molar-refractivity contribution is -0.122. The van der Waals surface area contributed by atoms with E-state index in [0.29, 0.717) is 23.8 Å². The van der Waals surface area contributed by atoms with Crippen LogP contribution in [0.25, 0.3) is 0 Å². The van der Waals surface area contributed by atoms with E-state index in [-0.39, 0.29) is 23.3 Å². The van der Waals surface area contributed by atoms with E-state index < -0.39 is 5.91 Å². The van der Waals surface area contributed by atoms with Crippen LogP contribution in [0.2, 0.25) is 0 Å². The molecule has 0 aliphatic rings. The highest BCUT2D eigenvalue weighted by molar-refractivity contribution is 7.13. The monoisotopic (exact) mass is 365 g/mol. The summed E-state index contributed by atoms with van der Waals surface area (Å²) < 4.78 is 12.9. The number of benzene rings is 1. The standard InChI is InChI=1S/C16H20FN5O2S/c1-3-8-18-13(23)9-22(2)10-14-20-21-16(25-14)15(24)19-12-6-4-11(17)5-7-12/h4-7H,3,8-10H2,1-2H3,(H,18,23)(H,19,24). The maximum absolute atomic E-state index is 12.9. The van der Waals surface area contributed by atoms with Crippen molar-refractivity contribution in [3.8, 4) is 0 Å². The van der Waals surface area contributed by atoms with Crippen molar-refractivity contribution in [2.24, 2.45) is 0 Å². The molecule has 0 atom stereocenters. The van der Waals surface area contributed by atoms with E-state index in [9.17, 15) is 14.0 Å². The predicted molar refractivity (Wildman–Crippen MR) is 93.9 cm³/mol. The summed E-state index contributed by atoms with van der Waals surface area (Å²) in [4.78, 5) is 25.6. The predicted octanol–water partition coefficient (Wildman–Crippen LogP) is 1.89. The van der Waals surface area contributed by atoms with Crippen molar-refractivity contribution in [3.05, 3.63) is 40.1 Å². The fourth-order valence-electron chi connectivity index (χ4n) is 1.98. The SMILES string of the molecule is CCCNC(=O)CN(C)Cc1nnc(C(=O)Nc2ccc(F)cc2)s1. The highest BCUT2D eigenvalue weighted by Gasteiger charge is 2.15. The number of carbonyl (C=O) groups is 2. The Morgan fingerprint density at radius 1 is 1.24 bits per heavy atom. The minimum Gasteiger partial charge on any atom is -0.355 e. The second kappa shape index (κ2) is 9.19. The van der Waals surface area contributed by atoms with Crippen molar-refractivity contribution in [1.82, 2.24) is 20.4 Å². The minimum absolute atomic E-state index is 0.0526. The molecule has 0 saturated carbocycles. The molecule has 0 spiro atoms. The van der Waals surface area contributed by atoms with E-state index in [0.717, 1.165) is 17.8 Å². The highest BCUT2D eigenvalue weighted by atomic mass is 32.1. The van der Waals surface area contributed by atoms with Crippen LogP contribution in [-0.4, -0.2) is 47.0 Å². The molecule has 0 radical (unpaired) electrons. The molecule has 0 aliphatic heterocycles. The second-order valence-corrected chi connectivity index (χ2v) is 6.55.